The smallest absolute Gasteiger partial charge is 0.313 e. The van der Waals surface area contributed by atoms with Crippen LogP contribution < -0.4 is 10.3 Å². The number of carboxylic acids is 1. The minimum atomic E-state index is -0.891. The predicted octanol–water partition coefficient (Wildman–Crippen LogP) is 2.14. The zero-order valence-electron chi connectivity index (χ0n) is 12.6. The molecule has 0 saturated carbocycles. The molecule has 0 fully saturated rings. The number of thioether (sulfide) groups is 1. The molecule has 0 aliphatic carbocycles. The average molecular weight is 363 g/mol. The van der Waals surface area contributed by atoms with Crippen molar-refractivity contribution in [2.24, 2.45) is 0 Å². The highest BCUT2D eigenvalue weighted by molar-refractivity contribution is 7.99. The molecule has 0 spiro atoms. The molecule has 3 aromatic rings. The zero-order chi connectivity index (χ0) is 17.1. The first-order valence-electron chi connectivity index (χ1n) is 6.90. The molecule has 24 heavy (non-hydrogen) atoms. The Bertz CT molecular complexity index is 934. The van der Waals surface area contributed by atoms with E-state index in [9.17, 15) is 9.59 Å². The molecule has 0 aliphatic rings. The molecule has 9 heteroatoms. The van der Waals surface area contributed by atoms with E-state index in [-0.39, 0.29) is 11.3 Å². The lowest BCUT2D eigenvalue weighted by atomic mass is 10.2. The zero-order valence-corrected chi connectivity index (χ0v) is 14.3. The number of ether oxygens (including phenoxy) is 1. The molecule has 124 valence electrons. The van der Waals surface area contributed by atoms with Crippen molar-refractivity contribution in [3.05, 3.63) is 46.4 Å². The molecule has 0 bridgehead atoms. The van der Waals surface area contributed by atoms with Gasteiger partial charge in [0, 0.05) is 17.4 Å². The summed E-state index contributed by atoms with van der Waals surface area (Å²) in [5, 5.41) is 13.6. The first-order chi connectivity index (χ1) is 11.6. The SMILES string of the molecule is COc1ccc(-c2nn3c(=O)cc(CSCC(=O)O)nc3s2)cc1. The highest BCUT2D eigenvalue weighted by Crippen LogP contribution is 2.26. The molecule has 2 heterocycles. The summed E-state index contributed by atoms with van der Waals surface area (Å²) in [6.07, 6.45) is 0. The third kappa shape index (κ3) is 3.57. The van der Waals surface area contributed by atoms with E-state index in [2.05, 4.69) is 10.1 Å². The second kappa shape index (κ2) is 7.02. The number of nitrogens with zero attached hydrogens (tertiary/aromatic N) is 3. The quantitative estimate of drug-likeness (QED) is 0.717. The van der Waals surface area contributed by atoms with Gasteiger partial charge in [0.1, 0.15) is 10.8 Å². The van der Waals surface area contributed by atoms with Crippen LogP contribution >= 0.6 is 23.1 Å². The molecule has 3 rings (SSSR count). The van der Waals surface area contributed by atoms with Gasteiger partial charge in [-0.2, -0.15) is 9.61 Å². The lowest BCUT2D eigenvalue weighted by Gasteiger charge is -1.99. The van der Waals surface area contributed by atoms with Crippen molar-refractivity contribution in [2.45, 2.75) is 5.75 Å². The summed E-state index contributed by atoms with van der Waals surface area (Å²) < 4.78 is 6.38. The number of aromatic nitrogens is 3. The summed E-state index contributed by atoms with van der Waals surface area (Å²) >= 11 is 2.51. The van der Waals surface area contributed by atoms with Gasteiger partial charge in [-0.3, -0.25) is 9.59 Å². The van der Waals surface area contributed by atoms with E-state index in [0.717, 1.165) is 11.3 Å². The van der Waals surface area contributed by atoms with Gasteiger partial charge in [0.25, 0.3) is 5.56 Å². The number of hydrogen-bond acceptors (Lipinski definition) is 7. The van der Waals surface area contributed by atoms with Crippen LogP contribution in [0.4, 0.5) is 0 Å². The van der Waals surface area contributed by atoms with Gasteiger partial charge in [0.15, 0.2) is 0 Å². The van der Waals surface area contributed by atoms with Crippen LogP contribution in [0.5, 0.6) is 5.75 Å². The van der Waals surface area contributed by atoms with E-state index in [1.54, 1.807) is 7.11 Å². The molecular formula is C15H13N3O4S2. The van der Waals surface area contributed by atoms with Crippen molar-refractivity contribution >= 4 is 34.0 Å². The van der Waals surface area contributed by atoms with Crippen molar-refractivity contribution < 1.29 is 14.6 Å². The van der Waals surface area contributed by atoms with Gasteiger partial charge < -0.3 is 9.84 Å². The van der Waals surface area contributed by atoms with Crippen LogP contribution in [0.15, 0.2) is 35.1 Å². The summed E-state index contributed by atoms with van der Waals surface area (Å²) in [7, 11) is 1.60. The Hall–Kier alpha value is -2.39. The minimum Gasteiger partial charge on any atom is -0.497 e. The average Bonchev–Trinajstić information content (AvgIpc) is 2.99. The molecule has 0 amide bonds. The number of carbonyl (C=O) groups is 1. The Kier molecular flexibility index (Phi) is 4.81. The Labute approximate surface area is 144 Å². The van der Waals surface area contributed by atoms with Crippen LogP contribution in [-0.4, -0.2) is 38.5 Å². The number of aliphatic carboxylic acids is 1. The fraction of sp³-hybridized carbons (Fsp3) is 0.200. The fourth-order valence-corrected chi connectivity index (χ4v) is 3.59. The lowest BCUT2D eigenvalue weighted by Crippen LogP contribution is -2.15. The first-order valence-corrected chi connectivity index (χ1v) is 8.87. The fourth-order valence-electron chi connectivity index (χ4n) is 2.02. The molecule has 1 N–H and O–H groups in total. The minimum absolute atomic E-state index is 0.0269. The van der Waals surface area contributed by atoms with Crippen LogP contribution in [-0.2, 0) is 10.5 Å². The molecule has 2 aromatic heterocycles. The number of carboxylic acid groups (broad SMARTS) is 1. The van der Waals surface area contributed by atoms with E-state index in [1.807, 2.05) is 24.3 Å². The van der Waals surface area contributed by atoms with Crippen molar-refractivity contribution in [1.29, 1.82) is 0 Å². The maximum atomic E-state index is 12.2. The number of methoxy groups -OCH3 is 1. The lowest BCUT2D eigenvalue weighted by molar-refractivity contribution is -0.133. The van der Waals surface area contributed by atoms with Gasteiger partial charge in [-0.25, -0.2) is 4.98 Å². The number of rotatable bonds is 6. The summed E-state index contributed by atoms with van der Waals surface area (Å²) in [6.45, 7) is 0. The number of benzene rings is 1. The molecule has 0 saturated heterocycles. The second-order valence-corrected chi connectivity index (χ2v) is 6.74. The maximum absolute atomic E-state index is 12.2. The van der Waals surface area contributed by atoms with E-state index in [1.165, 1.54) is 33.7 Å². The highest BCUT2D eigenvalue weighted by Gasteiger charge is 2.11. The summed E-state index contributed by atoms with van der Waals surface area (Å²) in [6, 6.07) is 8.77. The molecule has 7 nitrogen and oxygen atoms in total. The van der Waals surface area contributed by atoms with Gasteiger partial charge in [-0.05, 0) is 24.3 Å². The largest absolute Gasteiger partial charge is 0.497 e. The Morgan fingerprint density at radius 2 is 2.12 bits per heavy atom. The van der Waals surface area contributed by atoms with Gasteiger partial charge in [0.2, 0.25) is 4.96 Å². The standard InChI is InChI=1S/C15H13N3O4S2/c1-22-11-4-2-9(3-5-11)14-17-18-12(19)6-10(16-15(18)24-14)7-23-8-13(20)21/h2-6H,7-8H2,1H3,(H,20,21). The molecular weight excluding hydrogens is 350 g/mol. The third-order valence-electron chi connectivity index (χ3n) is 3.11. The Morgan fingerprint density at radius 3 is 2.79 bits per heavy atom. The normalized spacial score (nSPS) is 10.9. The second-order valence-electron chi connectivity index (χ2n) is 4.80. The highest BCUT2D eigenvalue weighted by atomic mass is 32.2. The van der Waals surface area contributed by atoms with Gasteiger partial charge >= 0.3 is 5.97 Å². The Balaban J connectivity index is 1.90. The van der Waals surface area contributed by atoms with E-state index in [4.69, 9.17) is 9.84 Å². The Morgan fingerprint density at radius 1 is 1.38 bits per heavy atom. The molecule has 0 unspecified atom stereocenters. The van der Waals surface area contributed by atoms with Gasteiger partial charge in [-0.15, -0.1) is 11.8 Å². The van der Waals surface area contributed by atoms with Crippen LogP contribution in [0.1, 0.15) is 5.69 Å². The van der Waals surface area contributed by atoms with E-state index < -0.39 is 5.97 Å². The van der Waals surface area contributed by atoms with Crippen molar-refractivity contribution in [3.63, 3.8) is 0 Å². The van der Waals surface area contributed by atoms with Crippen LogP contribution in [0, 0.1) is 0 Å². The summed E-state index contributed by atoms with van der Waals surface area (Å²) in [4.78, 5) is 27.6. The van der Waals surface area contributed by atoms with E-state index >= 15 is 0 Å². The number of fused-ring (bicyclic) bond motifs is 1. The van der Waals surface area contributed by atoms with Gasteiger partial charge in [-0.1, -0.05) is 11.3 Å². The maximum Gasteiger partial charge on any atom is 0.313 e. The van der Waals surface area contributed by atoms with Crippen molar-refractivity contribution in [1.82, 2.24) is 14.6 Å². The van der Waals surface area contributed by atoms with E-state index in [0.29, 0.717) is 21.4 Å². The summed E-state index contributed by atoms with van der Waals surface area (Å²) in [5.74, 6) is 0.194. The molecule has 0 aliphatic heterocycles. The predicted molar refractivity (Wildman–Crippen MR) is 92.9 cm³/mol. The van der Waals surface area contributed by atoms with Crippen LogP contribution in [0.25, 0.3) is 15.5 Å². The first kappa shape index (κ1) is 16.5. The van der Waals surface area contributed by atoms with Crippen LogP contribution in [0.2, 0.25) is 0 Å². The summed E-state index contributed by atoms with van der Waals surface area (Å²) in [5.41, 5.74) is 1.14. The molecule has 0 radical (unpaired) electrons. The topological polar surface area (TPSA) is 93.8 Å². The van der Waals surface area contributed by atoms with Crippen molar-refractivity contribution in [3.8, 4) is 16.3 Å². The number of hydrogen-bond donors (Lipinski definition) is 1. The third-order valence-corrected chi connectivity index (χ3v) is 5.02. The van der Waals surface area contributed by atoms with Crippen LogP contribution in [0.3, 0.4) is 0 Å². The molecule has 1 aromatic carbocycles. The molecule has 0 atom stereocenters. The van der Waals surface area contributed by atoms with Crippen molar-refractivity contribution in [2.75, 3.05) is 12.9 Å². The monoisotopic (exact) mass is 363 g/mol. The van der Waals surface area contributed by atoms with Gasteiger partial charge in [0.05, 0.1) is 18.6 Å².